The van der Waals surface area contributed by atoms with E-state index < -0.39 is 0 Å². The zero-order chi connectivity index (χ0) is 20.9. The number of para-hydroxylation sites is 1. The van der Waals surface area contributed by atoms with Crippen molar-refractivity contribution in [2.24, 2.45) is 16.9 Å². The molecule has 6 nitrogen and oxygen atoms in total. The highest BCUT2D eigenvalue weighted by Crippen LogP contribution is 2.35. The minimum Gasteiger partial charge on any atom is -0.411 e. The molecule has 1 fully saturated rings. The van der Waals surface area contributed by atoms with E-state index in [1.165, 1.54) is 48.9 Å². The molecule has 30 heavy (non-hydrogen) atoms. The van der Waals surface area contributed by atoms with Crippen LogP contribution in [0, 0.1) is 19.8 Å². The summed E-state index contributed by atoms with van der Waals surface area (Å²) in [6, 6.07) is 14.4. The molecule has 1 atom stereocenters. The van der Waals surface area contributed by atoms with Gasteiger partial charge in [-0.05, 0) is 55.9 Å². The average Bonchev–Trinajstić information content (AvgIpc) is 3.11. The number of nitrogens with zero attached hydrogens (tertiary/aromatic N) is 2. The summed E-state index contributed by atoms with van der Waals surface area (Å²) in [5.74, 6) is 7.55. The minimum atomic E-state index is 0.349. The SMILES string of the molecule is Cc1ccc2c(c1)CNCC1=NNC(C3CCCCC3)N12.Cc1ccccc1ON. The topological polar surface area (TPSA) is 74.9 Å². The van der Waals surface area contributed by atoms with Crippen molar-refractivity contribution in [3.05, 3.63) is 59.2 Å². The summed E-state index contributed by atoms with van der Waals surface area (Å²) < 4.78 is 0. The van der Waals surface area contributed by atoms with Crippen LogP contribution < -0.4 is 26.4 Å². The monoisotopic (exact) mass is 407 g/mol. The maximum Gasteiger partial charge on any atom is 0.149 e. The Morgan fingerprint density at radius 3 is 2.57 bits per heavy atom. The van der Waals surface area contributed by atoms with Crippen molar-refractivity contribution >= 4 is 11.5 Å². The predicted molar refractivity (Wildman–Crippen MR) is 122 cm³/mol. The number of rotatable bonds is 2. The second kappa shape index (κ2) is 9.49. The molecule has 1 saturated carbocycles. The Labute approximate surface area is 179 Å². The average molecular weight is 408 g/mol. The molecule has 6 heteroatoms. The normalized spacial score (nSPS) is 20.7. The highest BCUT2D eigenvalue weighted by Gasteiger charge is 2.37. The van der Waals surface area contributed by atoms with Gasteiger partial charge in [0.25, 0.3) is 0 Å². The first-order valence-corrected chi connectivity index (χ1v) is 11.0. The lowest BCUT2D eigenvalue weighted by atomic mass is 9.86. The molecular weight excluding hydrogens is 374 g/mol. The Morgan fingerprint density at radius 2 is 1.83 bits per heavy atom. The van der Waals surface area contributed by atoms with Crippen LogP contribution in [-0.2, 0) is 6.54 Å². The van der Waals surface area contributed by atoms with E-state index in [0.29, 0.717) is 12.1 Å². The number of hydrazone groups is 1. The Balaban J connectivity index is 0.000000204. The summed E-state index contributed by atoms with van der Waals surface area (Å²) in [6.45, 7) is 5.90. The van der Waals surface area contributed by atoms with E-state index in [0.717, 1.165) is 30.2 Å². The first-order chi connectivity index (χ1) is 14.7. The molecule has 2 aromatic rings. The van der Waals surface area contributed by atoms with Gasteiger partial charge in [-0.1, -0.05) is 55.2 Å². The molecule has 1 unspecified atom stereocenters. The van der Waals surface area contributed by atoms with Crippen molar-refractivity contribution in [1.29, 1.82) is 0 Å². The molecule has 2 aromatic carbocycles. The second-order valence-electron chi connectivity index (χ2n) is 8.49. The molecule has 1 aliphatic carbocycles. The zero-order valence-corrected chi connectivity index (χ0v) is 18.0. The quantitative estimate of drug-likeness (QED) is 0.657. The van der Waals surface area contributed by atoms with Crippen LogP contribution in [0.15, 0.2) is 47.6 Å². The molecule has 2 heterocycles. The third-order valence-electron chi connectivity index (χ3n) is 6.29. The van der Waals surface area contributed by atoms with Gasteiger partial charge < -0.3 is 15.1 Å². The van der Waals surface area contributed by atoms with E-state index >= 15 is 0 Å². The number of benzene rings is 2. The second-order valence-corrected chi connectivity index (χ2v) is 8.49. The fraction of sp³-hybridized carbons (Fsp3) is 0.458. The van der Waals surface area contributed by atoms with Crippen molar-refractivity contribution in [3.8, 4) is 5.75 Å². The molecule has 2 aliphatic heterocycles. The molecule has 0 aromatic heterocycles. The number of amidine groups is 1. The fourth-order valence-electron chi connectivity index (χ4n) is 4.68. The van der Waals surface area contributed by atoms with Gasteiger partial charge in [0.15, 0.2) is 0 Å². The van der Waals surface area contributed by atoms with E-state index in [4.69, 9.17) is 5.90 Å². The molecule has 3 aliphatic rings. The molecule has 4 N–H and O–H groups in total. The number of hydrogen-bond donors (Lipinski definition) is 3. The van der Waals surface area contributed by atoms with Crippen LogP contribution in [0.4, 0.5) is 5.69 Å². The Kier molecular flexibility index (Phi) is 6.55. The lowest BCUT2D eigenvalue weighted by Crippen LogP contribution is -2.47. The lowest BCUT2D eigenvalue weighted by molar-refractivity contribution is 0.285. The Bertz CT molecular complexity index is 891. The van der Waals surface area contributed by atoms with Gasteiger partial charge in [-0.3, -0.25) is 5.43 Å². The van der Waals surface area contributed by atoms with Crippen molar-refractivity contribution in [1.82, 2.24) is 10.7 Å². The fourth-order valence-corrected chi connectivity index (χ4v) is 4.68. The van der Waals surface area contributed by atoms with Gasteiger partial charge in [0.05, 0.1) is 6.54 Å². The van der Waals surface area contributed by atoms with Crippen LogP contribution in [0.2, 0.25) is 0 Å². The number of anilines is 1. The van der Waals surface area contributed by atoms with E-state index in [9.17, 15) is 0 Å². The first kappa shape index (κ1) is 20.7. The van der Waals surface area contributed by atoms with Crippen molar-refractivity contribution < 1.29 is 4.84 Å². The third kappa shape index (κ3) is 4.45. The van der Waals surface area contributed by atoms with E-state index in [2.05, 4.69) is 50.7 Å². The largest absolute Gasteiger partial charge is 0.411 e. The van der Waals surface area contributed by atoms with E-state index in [1.54, 1.807) is 0 Å². The maximum atomic E-state index is 4.95. The molecule has 160 valence electrons. The first-order valence-electron chi connectivity index (χ1n) is 11.0. The van der Waals surface area contributed by atoms with Crippen LogP contribution in [-0.4, -0.2) is 18.5 Å². The molecule has 5 rings (SSSR count). The summed E-state index contributed by atoms with van der Waals surface area (Å²) in [7, 11) is 0. The number of nitrogens with one attached hydrogen (secondary N) is 2. The summed E-state index contributed by atoms with van der Waals surface area (Å²) in [6.07, 6.45) is 7.13. The van der Waals surface area contributed by atoms with Crippen molar-refractivity contribution in [2.45, 2.75) is 58.7 Å². The summed E-state index contributed by atoms with van der Waals surface area (Å²) in [5, 5.41) is 8.14. The zero-order valence-electron chi connectivity index (χ0n) is 18.0. The number of fused-ring (bicyclic) bond motifs is 3. The molecule has 0 radical (unpaired) electrons. The van der Waals surface area contributed by atoms with Gasteiger partial charge >= 0.3 is 0 Å². The van der Waals surface area contributed by atoms with Gasteiger partial charge in [-0.15, -0.1) is 0 Å². The van der Waals surface area contributed by atoms with E-state index in [1.807, 2.05) is 31.2 Å². The van der Waals surface area contributed by atoms with Gasteiger partial charge in [-0.25, -0.2) is 0 Å². The maximum absolute atomic E-state index is 4.95. The molecular formula is C24H33N5O. The minimum absolute atomic E-state index is 0.349. The van der Waals surface area contributed by atoms with Crippen LogP contribution >= 0.6 is 0 Å². The number of hydrogen-bond acceptors (Lipinski definition) is 6. The van der Waals surface area contributed by atoms with Gasteiger partial charge in [0, 0.05) is 12.2 Å². The molecule has 0 amide bonds. The van der Waals surface area contributed by atoms with Crippen LogP contribution in [0.3, 0.4) is 0 Å². The Morgan fingerprint density at radius 1 is 1.03 bits per heavy atom. The van der Waals surface area contributed by atoms with E-state index in [-0.39, 0.29) is 0 Å². The Hall–Kier alpha value is -2.57. The van der Waals surface area contributed by atoms with Gasteiger partial charge in [-0.2, -0.15) is 11.0 Å². The third-order valence-corrected chi connectivity index (χ3v) is 6.29. The number of nitrogens with two attached hydrogens (primary N) is 1. The summed E-state index contributed by atoms with van der Waals surface area (Å²) >= 11 is 0. The molecule has 0 saturated heterocycles. The summed E-state index contributed by atoms with van der Waals surface area (Å²) in [4.78, 5) is 7.01. The highest BCUT2D eigenvalue weighted by molar-refractivity contribution is 6.02. The number of aryl methyl sites for hydroxylation is 2. The van der Waals surface area contributed by atoms with Gasteiger partial charge in [0.2, 0.25) is 0 Å². The van der Waals surface area contributed by atoms with Crippen LogP contribution in [0.5, 0.6) is 5.75 Å². The standard InChI is InChI=1S/C17H24N4.C7H9NO/c1-12-7-8-15-14(9-12)10-18-11-16-19-20-17(21(15)16)13-5-3-2-4-6-13;1-6-4-2-3-5-7(6)9-8/h7-9,13,17-18,20H,2-6,10-11H2,1H3;2-5H,8H2,1H3. The molecule has 0 bridgehead atoms. The van der Waals surface area contributed by atoms with Crippen molar-refractivity contribution in [3.63, 3.8) is 0 Å². The van der Waals surface area contributed by atoms with Gasteiger partial charge in [0.1, 0.15) is 17.8 Å². The lowest BCUT2D eigenvalue weighted by Gasteiger charge is -2.35. The predicted octanol–water partition coefficient (Wildman–Crippen LogP) is 3.98. The molecule has 0 spiro atoms. The highest BCUT2D eigenvalue weighted by atomic mass is 16.6. The summed E-state index contributed by atoms with van der Waals surface area (Å²) in [5.41, 5.74) is 8.54. The van der Waals surface area contributed by atoms with Crippen LogP contribution in [0.25, 0.3) is 0 Å². The smallest absolute Gasteiger partial charge is 0.149 e. The van der Waals surface area contributed by atoms with Crippen LogP contribution in [0.1, 0.15) is 48.8 Å². The van der Waals surface area contributed by atoms with Crippen molar-refractivity contribution in [2.75, 3.05) is 11.4 Å².